The highest BCUT2D eigenvalue weighted by Gasteiger charge is 2.41. The molecule has 1 aliphatic rings. The lowest BCUT2D eigenvalue weighted by molar-refractivity contribution is -0.384. The molecular formula is C15H22N2O4. The van der Waals surface area contributed by atoms with Gasteiger partial charge in [-0.1, -0.05) is 12.1 Å². The van der Waals surface area contributed by atoms with Gasteiger partial charge in [0.2, 0.25) is 0 Å². The third-order valence-electron chi connectivity index (χ3n) is 3.87. The van der Waals surface area contributed by atoms with Crippen molar-refractivity contribution in [3.8, 4) is 0 Å². The maximum atomic E-state index is 10.6. The van der Waals surface area contributed by atoms with Crippen molar-refractivity contribution < 1.29 is 14.4 Å². The van der Waals surface area contributed by atoms with Crippen LogP contribution in [0.25, 0.3) is 0 Å². The molecule has 21 heavy (non-hydrogen) atoms. The fraction of sp³-hybridized carbons (Fsp3) is 0.600. The summed E-state index contributed by atoms with van der Waals surface area (Å²) in [6.07, 6.45) is 2.11. The van der Waals surface area contributed by atoms with E-state index in [-0.39, 0.29) is 22.8 Å². The Morgan fingerprint density at radius 3 is 2.67 bits per heavy atom. The van der Waals surface area contributed by atoms with Crippen molar-refractivity contribution in [1.29, 1.82) is 0 Å². The number of non-ortho nitro benzene ring substituents is 1. The van der Waals surface area contributed by atoms with E-state index in [1.54, 1.807) is 31.4 Å². The van der Waals surface area contributed by atoms with Gasteiger partial charge in [0, 0.05) is 31.9 Å². The molecule has 0 radical (unpaired) electrons. The fourth-order valence-electron chi connectivity index (χ4n) is 2.66. The maximum absolute atomic E-state index is 10.6. The molecule has 0 heterocycles. The Bertz CT molecular complexity index is 463. The monoisotopic (exact) mass is 294 g/mol. The SMILES string of the molecule is CCOC1CC(NCCc2ccc([N+](=O)[O-])cc2)C1OC. The average Bonchev–Trinajstić information content (AvgIpc) is 2.46. The van der Waals surface area contributed by atoms with Crippen molar-refractivity contribution in [3.63, 3.8) is 0 Å². The molecule has 1 fully saturated rings. The van der Waals surface area contributed by atoms with E-state index >= 15 is 0 Å². The molecule has 0 spiro atoms. The lowest BCUT2D eigenvalue weighted by atomic mass is 9.85. The van der Waals surface area contributed by atoms with Crippen molar-refractivity contribution >= 4 is 5.69 Å². The second kappa shape index (κ2) is 7.49. The number of hydrogen-bond acceptors (Lipinski definition) is 5. The zero-order valence-electron chi connectivity index (χ0n) is 12.5. The van der Waals surface area contributed by atoms with E-state index < -0.39 is 0 Å². The summed E-state index contributed by atoms with van der Waals surface area (Å²) >= 11 is 0. The van der Waals surface area contributed by atoms with Gasteiger partial charge in [-0.3, -0.25) is 10.1 Å². The van der Waals surface area contributed by atoms with Gasteiger partial charge in [0.05, 0.1) is 17.1 Å². The molecule has 1 aromatic rings. The highest BCUT2D eigenvalue weighted by molar-refractivity contribution is 5.32. The number of nitro groups is 1. The predicted molar refractivity (Wildman–Crippen MR) is 79.4 cm³/mol. The first kappa shape index (κ1) is 15.9. The Morgan fingerprint density at radius 2 is 2.10 bits per heavy atom. The summed E-state index contributed by atoms with van der Waals surface area (Å²) in [6.45, 7) is 3.52. The van der Waals surface area contributed by atoms with E-state index in [0.717, 1.165) is 24.9 Å². The summed E-state index contributed by atoms with van der Waals surface area (Å²) in [6, 6.07) is 7.02. The maximum Gasteiger partial charge on any atom is 0.269 e. The van der Waals surface area contributed by atoms with Gasteiger partial charge in [0.1, 0.15) is 0 Å². The lowest BCUT2D eigenvalue weighted by Gasteiger charge is -2.43. The minimum atomic E-state index is -0.382. The van der Waals surface area contributed by atoms with Gasteiger partial charge in [-0.25, -0.2) is 0 Å². The van der Waals surface area contributed by atoms with Gasteiger partial charge < -0.3 is 14.8 Å². The molecule has 1 N–H and O–H groups in total. The van der Waals surface area contributed by atoms with E-state index in [1.165, 1.54) is 0 Å². The van der Waals surface area contributed by atoms with Gasteiger partial charge in [0.15, 0.2) is 0 Å². The standard InChI is InChI=1S/C15H22N2O4/c1-3-21-14-10-13(15(14)20-2)16-9-8-11-4-6-12(7-5-11)17(18)19/h4-7,13-16H,3,8-10H2,1-2H3. The molecule has 3 atom stereocenters. The van der Waals surface area contributed by atoms with E-state index in [2.05, 4.69) is 5.32 Å². The van der Waals surface area contributed by atoms with Crippen molar-refractivity contribution in [2.24, 2.45) is 0 Å². The summed E-state index contributed by atoms with van der Waals surface area (Å²) in [7, 11) is 1.71. The molecule has 0 aliphatic heterocycles. The molecule has 2 rings (SSSR count). The summed E-state index contributed by atoms with van der Waals surface area (Å²) in [5.41, 5.74) is 1.22. The van der Waals surface area contributed by atoms with Gasteiger partial charge in [-0.05, 0) is 31.9 Å². The van der Waals surface area contributed by atoms with Gasteiger partial charge in [-0.2, -0.15) is 0 Å². The molecule has 1 aliphatic carbocycles. The number of hydrogen-bond donors (Lipinski definition) is 1. The minimum absolute atomic E-state index is 0.113. The van der Waals surface area contributed by atoms with Crippen molar-refractivity contribution in [2.45, 2.75) is 38.0 Å². The van der Waals surface area contributed by atoms with Gasteiger partial charge >= 0.3 is 0 Å². The number of rotatable bonds is 8. The van der Waals surface area contributed by atoms with E-state index in [4.69, 9.17) is 9.47 Å². The summed E-state index contributed by atoms with van der Waals surface area (Å²) in [4.78, 5) is 10.2. The van der Waals surface area contributed by atoms with Crippen LogP contribution in [0, 0.1) is 10.1 Å². The van der Waals surface area contributed by atoms with Gasteiger partial charge in [0.25, 0.3) is 5.69 Å². The van der Waals surface area contributed by atoms with E-state index in [1.807, 2.05) is 6.92 Å². The number of benzene rings is 1. The summed E-state index contributed by atoms with van der Waals surface area (Å²) < 4.78 is 11.0. The van der Waals surface area contributed by atoms with Crippen LogP contribution in [-0.4, -0.2) is 43.4 Å². The fourth-order valence-corrected chi connectivity index (χ4v) is 2.66. The molecule has 116 valence electrons. The Kier molecular flexibility index (Phi) is 5.67. The smallest absolute Gasteiger partial charge is 0.269 e. The van der Waals surface area contributed by atoms with Crippen LogP contribution in [0.4, 0.5) is 5.69 Å². The van der Waals surface area contributed by atoms with Crippen LogP contribution in [0.2, 0.25) is 0 Å². The average molecular weight is 294 g/mol. The van der Waals surface area contributed by atoms with Crippen LogP contribution in [-0.2, 0) is 15.9 Å². The molecule has 3 unspecified atom stereocenters. The molecule has 0 amide bonds. The Labute approximate surface area is 124 Å². The first-order chi connectivity index (χ1) is 10.2. The van der Waals surface area contributed by atoms with Crippen LogP contribution in [0.5, 0.6) is 0 Å². The van der Waals surface area contributed by atoms with Crippen LogP contribution in [0.1, 0.15) is 18.9 Å². The molecular weight excluding hydrogens is 272 g/mol. The minimum Gasteiger partial charge on any atom is -0.377 e. The number of nitrogens with zero attached hydrogens (tertiary/aromatic N) is 1. The van der Waals surface area contributed by atoms with Crippen LogP contribution in [0.3, 0.4) is 0 Å². The summed E-state index contributed by atoms with van der Waals surface area (Å²) in [5, 5.41) is 14.0. The van der Waals surface area contributed by atoms with Crippen LogP contribution in [0.15, 0.2) is 24.3 Å². The zero-order chi connectivity index (χ0) is 15.2. The molecule has 0 saturated heterocycles. The Balaban J connectivity index is 1.73. The number of nitro benzene ring substituents is 1. The third kappa shape index (κ3) is 4.00. The Morgan fingerprint density at radius 1 is 1.38 bits per heavy atom. The molecule has 6 nitrogen and oxygen atoms in total. The third-order valence-corrected chi connectivity index (χ3v) is 3.87. The lowest BCUT2D eigenvalue weighted by Crippen LogP contribution is -2.60. The molecule has 1 aromatic carbocycles. The van der Waals surface area contributed by atoms with Gasteiger partial charge in [-0.15, -0.1) is 0 Å². The zero-order valence-corrected chi connectivity index (χ0v) is 12.5. The van der Waals surface area contributed by atoms with Crippen molar-refractivity contribution in [1.82, 2.24) is 5.32 Å². The molecule has 0 aromatic heterocycles. The van der Waals surface area contributed by atoms with Crippen molar-refractivity contribution in [3.05, 3.63) is 39.9 Å². The highest BCUT2D eigenvalue weighted by Crippen LogP contribution is 2.26. The second-order valence-electron chi connectivity index (χ2n) is 5.16. The van der Waals surface area contributed by atoms with Crippen molar-refractivity contribution in [2.75, 3.05) is 20.3 Å². The molecule has 1 saturated carbocycles. The van der Waals surface area contributed by atoms with Crippen LogP contribution < -0.4 is 5.32 Å². The van der Waals surface area contributed by atoms with Crippen LogP contribution >= 0.6 is 0 Å². The topological polar surface area (TPSA) is 73.6 Å². The summed E-state index contributed by atoms with van der Waals surface area (Å²) in [5.74, 6) is 0. The van der Waals surface area contributed by atoms with E-state index in [9.17, 15) is 10.1 Å². The largest absolute Gasteiger partial charge is 0.377 e. The predicted octanol–water partition coefficient (Wildman–Crippen LogP) is 1.92. The second-order valence-corrected chi connectivity index (χ2v) is 5.16. The quantitative estimate of drug-likeness (QED) is 0.585. The Hall–Kier alpha value is -1.50. The number of nitrogens with one attached hydrogen (secondary N) is 1. The first-order valence-corrected chi connectivity index (χ1v) is 7.26. The number of ether oxygens (including phenoxy) is 2. The molecule has 0 bridgehead atoms. The highest BCUT2D eigenvalue weighted by atomic mass is 16.6. The van der Waals surface area contributed by atoms with E-state index in [0.29, 0.717) is 12.6 Å². The molecule has 6 heteroatoms. The number of methoxy groups -OCH3 is 1. The first-order valence-electron chi connectivity index (χ1n) is 7.26. The normalized spacial score (nSPS) is 24.6.